The van der Waals surface area contributed by atoms with Gasteiger partial charge in [0.25, 0.3) is 0 Å². The van der Waals surface area contributed by atoms with Crippen LogP contribution in [0.4, 0.5) is 11.8 Å². The molecule has 1 amide bonds. The van der Waals surface area contributed by atoms with Crippen LogP contribution in [-0.2, 0) is 4.79 Å². The first-order chi connectivity index (χ1) is 13.1. The standard InChI is InChI=1S/C19H23N5O3/c1-3-20-17-10-13(2)23-19(24-17)22-9-8-21-18(25)7-5-14-4-6-15-16(11-14)27-12-26-15/h4-7,10-11H,3,8-9,12H2,1-2H3,(H,21,25)(H2,20,22,23,24)/b7-5+. The Hall–Kier alpha value is -3.29. The second-order valence-corrected chi connectivity index (χ2v) is 5.91. The van der Waals surface area contributed by atoms with Gasteiger partial charge in [-0.1, -0.05) is 6.07 Å². The third-order valence-electron chi connectivity index (χ3n) is 3.74. The average molecular weight is 369 g/mol. The number of anilines is 2. The van der Waals surface area contributed by atoms with E-state index in [1.165, 1.54) is 6.08 Å². The molecule has 0 fully saturated rings. The monoisotopic (exact) mass is 369 g/mol. The van der Waals surface area contributed by atoms with Gasteiger partial charge in [-0.3, -0.25) is 4.79 Å². The van der Waals surface area contributed by atoms with Gasteiger partial charge in [0.05, 0.1) is 0 Å². The van der Waals surface area contributed by atoms with Gasteiger partial charge in [0.15, 0.2) is 11.5 Å². The molecular formula is C19H23N5O3. The van der Waals surface area contributed by atoms with E-state index in [1.54, 1.807) is 6.08 Å². The van der Waals surface area contributed by atoms with Gasteiger partial charge in [-0.05, 0) is 37.6 Å². The van der Waals surface area contributed by atoms with E-state index < -0.39 is 0 Å². The number of benzene rings is 1. The lowest BCUT2D eigenvalue weighted by Gasteiger charge is -2.09. The lowest BCUT2D eigenvalue weighted by Crippen LogP contribution is -2.27. The molecule has 0 atom stereocenters. The molecule has 1 aromatic heterocycles. The lowest BCUT2D eigenvalue weighted by atomic mass is 10.2. The SMILES string of the molecule is CCNc1cc(C)nc(NCCNC(=O)/C=C/c2ccc3c(c2)OCO3)n1. The Morgan fingerprint density at radius 1 is 1.15 bits per heavy atom. The Bertz CT molecular complexity index is 838. The molecule has 8 heteroatoms. The van der Waals surface area contributed by atoms with E-state index in [0.29, 0.717) is 24.8 Å². The van der Waals surface area contributed by atoms with Gasteiger partial charge >= 0.3 is 0 Å². The Kier molecular flexibility index (Phi) is 6.09. The van der Waals surface area contributed by atoms with Crippen molar-refractivity contribution in [2.24, 2.45) is 0 Å². The van der Waals surface area contributed by atoms with Crippen molar-refractivity contribution < 1.29 is 14.3 Å². The van der Waals surface area contributed by atoms with Crippen molar-refractivity contribution in [2.45, 2.75) is 13.8 Å². The highest BCUT2D eigenvalue weighted by Gasteiger charge is 2.12. The molecule has 27 heavy (non-hydrogen) atoms. The summed E-state index contributed by atoms with van der Waals surface area (Å²) >= 11 is 0. The molecule has 0 aliphatic carbocycles. The molecule has 8 nitrogen and oxygen atoms in total. The van der Waals surface area contributed by atoms with Crippen LogP contribution in [0.5, 0.6) is 11.5 Å². The van der Waals surface area contributed by atoms with Crippen LogP contribution in [0.1, 0.15) is 18.2 Å². The van der Waals surface area contributed by atoms with Gasteiger partial charge in [0, 0.05) is 37.5 Å². The molecule has 2 aromatic rings. The van der Waals surface area contributed by atoms with Crippen molar-refractivity contribution in [1.82, 2.24) is 15.3 Å². The van der Waals surface area contributed by atoms with E-state index in [9.17, 15) is 4.79 Å². The van der Waals surface area contributed by atoms with Crippen LogP contribution in [0, 0.1) is 6.92 Å². The maximum Gasteiger partial charge on any atom is 0.244 e. The Balaban J connectivity index is 1.43. The van der Waals surface area contributed by atoms with Crippen LogP contribution < -0.4 is 25.4 Å². The van der Waals surface area contributed by atoms with E-state index in [1.807, 2.05) is 38.1 Å². The van der Waals surface area contributed by atoms with Gasteiger partial charge in [0.2, 0.25) is 18.6 Å². The van der Waals surface area contributed by atoms with Crippen molar-refractivity contribution in [3.63, 3.8) is 0 Å². The fraction of sp³-hybridized carbons (Fsp3) is 0.316. The van der Waals surface area contributed by atoms with Crippen molar-refractivity contribution >= 4 is 23.7 Å². The molecule has 3 N–H and O–H groups in total. The molecule has 0 saturated heterocycles. The number of carbonyl (C=O) groups excluding carboxylic acids is 1. The molecule has 142 valence electrons. The smallest absolute Gasteiger partial charge is 0.244 e. The highest BCUT2D eigenvalue weighted by atomic mass is 16.7. The molecule has 0 saturated carbocycles. The summed E-state index contributed by atoms with van der Waals surface area (Å²) in [6, 6.07) is 7.42. The number of aryl methyl sites for hydroxylation is 1. The van der Waals surface area contributed by atoms with Gasteiger partial charge in [-0.25, -0.2) is 4.98 Å². The molecule has 0 unspecified atom stereocenters. The summed E-state index contributed by atoms with van der Waals surface area (Å²) in [5, 5.41) is 9.08. The highest BCUT2D eigenvalue weighted by molar-refractivity contribution is 5.91. The van der Waals surface area contributed by atoms with E-state index in [0.717, 1.165) is 29.4 Å². The molecule has 2 heterocycles. The topological polar surface area (TPSA) is 97.4 Å². The Morgan fingerprint density at radius 3 is 2.85 bits per heavy atom. The minimum Gasteiger partial charge on any atom is -0.454 e. The minimum absolute atomic E-state index is 0.173. The number of hydrogen-bond donors (Lipinski definition) is 3. The van der Waals surface area contributed by atoms with E-state index in [4.69, 9.17) is 9.47 Å². The third-order valence-corrected chi connectivity index (χ3v) is 3.74. The third kappa shape index (κ3) is 5.34. The van der Waals surface area contributed by atoms with Gasteiger partial charge in [-0.2, -0.15) is 4.98 Å². The Morgan fingerprint density at radius 2 is 2.00 bits per heavy atom. The van der Waals surface area contributed by atoms with Crippen LogP contribution in [0.3, 0.4) is 0 Å². The summed E-state index contributed by atoms with van der Waals surface area (Å²) in [6.07, 6.45) is 3.22. The highest BCUT2D eigenvalue weighted by Crippen LogP contribution is 2.32. The number of carbonyl (C=O) groups is 1. The van der Waals surface area contributed by atoms with Crippen LogP contribution in [-0.4, -0.2) is 42.3 Å². The summed E-state index contributed by atoms with van der Waals surface area (Å²) in [6.45, 7) is 5.93. The number of hydrogen-bond acceptors (Lipinski definition) is 7. The second-order valence-electron chi connectivity index (χ2n) is 5.91. The zero-order valence-corrected chi connectivity index (χ0v) is 15.4. The first-order valence-corrected chi connectivity index (χ1v) is 8.83. The van der Waals surface area contributed by atoms with Crippen LogP contribution in [0.2, 0.25) is 0 Å². The predicted molar refractivity (Wildman–Crippen MR) is 104 cm³/mol. The average Bonchev–Trinajstić information content (AvgIpc) is 3.11. The lowest BCUT2D eigenvalue weighted by molar-refractivity contribution is -0.116. The van der Waals surface area contributed by atoms with Crippen molar-refractivity contribution in [3.8, 4) is 11.5 Å². The molecule has 3 rings (SSSR count). The second kappa shape index (κ2) is 8.88. The first-order valence-electron chi connectivity index (χ1n) is 8.83. The molecule has 1 aromatic carbocycles. The van der Waals surface area contributed by atoms with Crippen molar-refractivity contribution in [2.75, 3.05) is 37.1 Å². The number of rotatable bonds is 8. The summed E-state index contributed by atoms with van der Waals surface area (Å²) < 4.78 is 10.6. The van der Waals surface area contributed by atoms with Gasteiger partial charge in [0.1, 0.15) is 5.82 Å². The molecular weight excluding hydrogens is 346 g/mol. The number of nitrogens with zero attached hydrogens (tertiary/aromatic N) is 2. The molecule has 0 radical (unpaired) electrons. The quantitative estimate of drug-likeness (QED) is 0.485. The maximum absolute atomic E-state index is 11.9. The zero-order chi connectivity index (χ0) is 19.1. The summed E-state index contributed by atoms with van der Waals surface area (Å²) in [4.78, 5) is 20.6. The van der Waals surface area contributed by atoms with E-state index >= 15 is 0 Å². The summed E-state index contributed by atoms with van der Waals surface area (Å²) in [5.74, 6) is 2.56. The number of amides is 1. The largest absolute Gasteiger partial charge is 0.454 e. The van der Waals surface area contributed by atoms with E-state index in [-0.39, 0.29) is 12.7 Å². The van der Waals surface area contributed by atoms with Gasteiger partial charge < -0.3 is 25.4 Å². The maximum atomic E-state index is 11.9. The summed E-state index contributed by atoms with van der Waals surface area (Å²) in [7, 11) is 0. The van der Waals surface area contributed by atoms with E-state index in [2.05, 4.69) is 25.9 Å². The zero-order valence-electron chi connectivity index (χ0n) is 15.4. The van der Waals surface area contributed by atoms with Crippen LogP contribution in [0.15, 0.2) is 30.3 Å². The number of ether oxygens (including phenoxy) is 2. The summed E-state index contributed by atoms with van der Waals surface area (Å²) in [5.41, 5.74) is 1.75. The molecule has 0 spiro atoms. The number of fused-ring (bicyclic) bond motifs is 1. The molecule has 1 aliphatic rings. The van der Waals surface area contributed by atoms with Crippen molar-refractivity contribution in [1.29, 1.82) is 0 Å². The van der Waals surface area contributed by atoms with Crippen LogP contribution >= 0.6 is 0 Å². The fourth-order valence-electron chi connectivity index (χ4n) is 2.53. The molecule has 1 aliphatic heterocycles. The van der Waals surface area contributed by atoms with Crippen molar-refractivity contribution in [3.05, 3.63) is 41.6 Å². The Labute approximate surface area is 158 Å². The minimum atomic E-state index is -0.173. The van der Waals surface area contributed by atoms with Crippen LogP contribution in [0.25, 0.3) is 6.08 Å². The number of aromatic nitrogens is 2. The normalized spacial score (nSPS) is 12.2. The fourth-order valence-corrected chi connectivity index (χ4v) is 2.53. The number of nitrogens with one attached hydrogen (secondary N) is 3. The predicted octanol–water partition coefficient (Wildman–Crippen LogP) is 2.19. The first kappa shape index (κ1) is 18.5. The van der Waals surface area contributed by atoms with Gasteiger partial charge in [-0.15, -0.1) is 0 Å². The molecule has 0 bridgehead atoms.